The number of hydrogen-bond donors (Lipinski definition) is 2. The monoisotopic (exact) mass is 308 g/mol. The zero-order chi connectivity index (χ0) is 15.1. The topological polar surface area (TPSA) is 86.7 Å². The molecule has 1 saturated carbocycles. The minimum atomic E-state index is -1.04. The van der Waals surface area contributed by atoms with E-state index in [0.717, 1.165) is 17.8 Å². The molecule has 0 radical (unpaired) electrons. The van der Waals surface area contributed by atoms with E-state index >= 15 is 0 Å². The Kier molecular flexibility index (Phi) is 3.44. The van der Waals surface area contributed by atoms with Crippen molar-refractivity contribution in [3.63, 3.8) is 0 Å². The highest BCUT2D eigenvalue weighted by atomic mass is 32.1. The summed E-state index contributed by atoms with van der Waals surface area (Å²) in [5.74, 6) is -0.703. The van der Waals surface area contributed by atoms with E-state index in [-0.39, 0.29) is 22.7 Å². The number of carboxylic acid groups (broad SMARTS) is 1. The Morgan fingerprint density at radius 3 is 2.62 bits per heavy atom. The van der Waals surface area contributed by atoms with Crippen molar-refractivity contribution in [2.45, 2.75) is 31.8 Å². The summed E-state index contributed by atoms with van der Waals surface area (Å²) in [5.41, 5.74) is 0. The molecule has 1 aliphatic carbocycles. The number of likely N-dealkylation sites (tertiary alicyclic amines) is 1. The molecule has 1 aromatic heterocycles. The van der Waals surface area contributed by atoms with E-state index in [2.05, 4.69) is 12.2 Å². The molecule has 0 unspecified atom stereocenters. The van der Waals surface area contributed by atoms with E-state index in [1.165, 1.54) is 12.1 Å². The fraction of sp³-hybridized carbons (Fsp3) is 0.500. The minimum Gasteiger partial charge on any atom is -0.477 e. The molecular formula is C14H16N2O4S. The maximum absolute atomic E-state index is 12.1. The number of thiophene rings is 1. The predicted octanol–water partition coefficient (Wildman–Crippen LogP) is 1.19. The number of carbonyl (C=O) groups excluding carboxylic acids is 2. The van der Waals surface area contributed by atoms with Crippen LogP contribution in [0.1, 0.15) is 39.1 Å². The smallest absolute Gasteiger partial charge is 0.345 e. The highest BCUT2D eigenvalue weighted by Gasteiger charge is 2.44. The first-order valence-electron chi connectivity index (χ1n) is 6.89. The predicted molar refractivity (Wildman–Crippen MR) is 76.4 cm³/mol. The molecule has 1 aliphatic heterocycles. The minimum absolute atomic E-state index is 0.0899. The number of carbonyl (C=O) groups is 3. The van der Waals surface area contributed by atoms with Crippen LogP contribution in [-0.4, -0.2) is 46.4 Å². The van der Waals surface area contributed by atoms with Crippen molar-refractivity contribution >= 4 is 29.1 Å². The number of aromatic carboxylic acids is 1. The van der Waals surface area contributed by atoms with Crippen LogP contribution < -0.4 is 5.32 Å². The largest absolute Gasteiger partial charge is 0.477 e. The van der Waals surface area contributed by atoms with E-state index in [4.69, 9.17) is 5.11 Å². The van der Waals surface area contributed by atoms with Gasteiger partial charge in [-0.1, -0.05) is 6.92 Å². The van der Waals surface area contributed by atoms with Crippen LogP contribution in [-0.2, 0) is 4.79 Å². The second-order valence-electron chi connectivity index (χ2n) is 5.67. The van der Waals surface area contributed by atoms with Crippen LogP contribution in [0, 0.1) is 5.92 Å². The first-order valence-corrected chi connectivity index (χ1v) is 7.71. The lowest BCUT2D eigenvalue weighted by Gasteiger charge is -2.16. The maximum Gasteiger partial charge on any atom is 0.345 e. The van der Waals surface area contributed by atoms with Gasteiger partial charge in [-0.15, -0.1) is 11.3 Å². The van der Waals surface area contributed by atoms with Gasteiger partial charge in [-0.3, -0.25) is 9.59 Å². The van der Waals surface area contributed by atoms with Gasteiger partial charge in [0.05, 0.1) is 10.9 Å². The first-order chi connectivity index (χ1) is 9.95. The number of rotatable bonds is 4. The highest BCUT2D eigenvalue weighted by Crippen LogP contribution is 2.37. The van der Waals surface area contributed by atoms with Gasteiger partial charge in [-0.2, -0.15) is 0 Å². The van der Waals surface area contributed by atoms with Crippen molar-refractivity contribution in [1.82, 2.24) is 10.2 Å². The van der Waals surface area contributed by atoms with Gasteiger partial charge in [0.2, 0.25) is 5.91 Å². The number of nitrogens with zero attached hydrogens (tertiary/aromatic N) is 1. The van der Waals surface area contributed by atoms with E-state index in [1.54, 1.807) is 0 Å². The summed E-state index contributed by atoms with van der Waals surface area (Å²) >= 11 is 0.943. The number of nitrogens with one attached hydrogen (secondary N) is 1. The molecule has 21 heavy (non-hydrogen) atoms. The average molecular weight is 308 g/mol. The van der Waals surface area contributed by atoms with E-state index < -0.39 is 5.97 Å². The Labute approximate surface area is 125 Å². The molecule has 1 saturated heterocycles. The average Bonchev–Trinajstić information content (AvgIpc) is 2.86. The zero-order valence-corrected chi connectivity index (χ0v) is 12.4. The van der Waals surface area contributed by atoms with Gasteiger partial charge in [-0.05, 0) is 24.5 Å². The van der Waals surface area contributed by atoms with Gasteiger partial charge in [-0.25, -0.2) is 4.79 Å². The summed E-state index contributed by atoms with van der Waals surface area (Å²) in [6.45, 7) is 2.67. The Morgan fingerprint density at radius 2 is 2.05 bits per heavy atom. The van der Waals surface area contributed by atoms with Gasteiger partial charge >= 0.3 is 5.97 Å². The first kappa shape index (κ1) is 14.1. The van der Waals surface area contributed by atoms with Gasteiger partial charge in [0.1, 0.15) is 4.88 Å². The summed E-state index contributed by atoms with van der Waals surface area (Å²) < 4.78 is 0. The molecule has 3 atom stereocenters. The van der Waals surface area contributed by atoms with Crippen LogP contribution in [0.25, 0.3) is 0 Å². The highest BCUT2D eigenvalue weighted by molar-refractivity contribution is 7.15. The van der Waals surface area contributed by atoms with Gasteiger partial charge in [0.15, 0.2) is 0 Å². The third-order valence-electron chi connectivity index (χ3n) is 4.00. The second kappa shape index (κ2) is 5.14. The van der Waals surface area contributed by atoms with E-state index in [1.807, 2.05) is 4.90 Å². The molecule has 2 N–H and O–H groups in total. The normalized spacial score (nSPS) is 27.8. The van der Waals surface area contributed by atoms with Crippen molar-refractivity contribution in [1.29, 1.82) is 0 Å². The van der Waals surface area contributed by atoms with Crippen LogP contribution >= 0.6 is 11.3 Å². The SMILES string of the molecule is C[C@@H]1C[C@@H]1N1C[C@@H](NC(=O)c2ccc(C(=O)O)s2)CC1=O. The third-order valence-corrected chi connectivity index (χ3v) is 5.07. The van der Waals surface area contributed by atoms with Crippen LogP contribution in [0.5, 0.6) is 0 Å². The summed E-state index contributed by atoms with van der Waals surface area (Å²) in [6.07, 6.45) is 1.37. The number of carboxylic acids is 1. The molecule has 0 bridgehead atoms. The van der Waals surface area contributed by atoms with Crippen LogP contribution in [0.4, 0.5) is 0 Å². The Morgan fingerprint density at radius 1 is 1.38 bits per heavy atom. The van der Waals surface area contributed by atoms with Gasteiger partial charge in [0.25, 0.3) is 5.91 Å². The Hall–Kier alpha value is -1.89. The summed E-state index contributed by atoms with van der Waals surface area (Å²) in [4.78, 5) is 37.2. The molecule has 2 amide bonds. The van der Waals surface area contributed by atoms with Crippen molar-refractivity contribution in [3.8, 4) is 0 Å². The lowest BCUT2D eigenvalue weighted by atomic mass is 10.2. The van der Waals surface area contributed by atoms with Crippen LogP contribution in [0.2, 0.25) is 0 Å². The number of hydrogen-bond acceptors (Lipinski definition) is 4. The molecule has 3 rings (SSSR count). The molecule has 2 heterocycles. The molecule has 2 fully saturated rings. The fourth-order valence-electron chi connectivity index (χ4n) is 2.72. The molecule has 0 aromatic carbocycles. The lowest BCUT2D eigenvalue weighted by Crippen LogP contribution is -2.37. The third kappa shape index (κ3) is 2.78. The summed E-state index contributed by atoms with van der Waals surface area (Å²) in [7, 11) is 0. The Bertz CT molecular complexity index is 612. The quantitative estimate of drug-likeness (QED) is 0.874. The van der Waals surface area contributed by atoms with Crippen LogP contribution in [0.3, 0.4) is 0 Å². The molecule has 7 heteroatoms. The molecule has 112 valence electrons. The van der Waals surface area contributed by atoms with Gasteiger partial charge < -0.3 is 15.3 Å². The Balaban J connectivity index is 1.60. The maximum atomic E-state index is 12.1. The fourth-order valence-corrected chi connectivity index (χ4v) is 3.47. The van der Waals surface area contributed by atoms with Crippen molar-refractivity contribution in [3.05, 3.63) is 21.9 Å². The molecule has 1 aromatic rings. The van der Waals surface area contributed by atoms with E-state index in [0.29, 0.717) is 29.8 Å². The standard InChI is InChI=1S/C14H16N2O4S/c1-7-4-9(7)16-6-8(5-12(16)17)15-13(18)10-2-3-11(21-10)14(19)20/h2-3,7-9H,4-6H2,1H3,(H,15,18)(H,19,20)/t7-,8+,9+/m1/s1. The molecule has 2 aliphatic rings. The van der Waals surface area contributed by atoms with Crippen molar-refractivity contribution < 1.29 is 19.5 Å². The number of amides is 2. The van der Waals surface area contributed by atoms with Gasteiger partial charge in [0, 0.05) is 19.0 Å². The zero-order valence-electron chi connectivity index (χ0n) is 11.5. The second-order valence-corrected chi connectivity index (χ2v) is 6.75. The van der Waals surface area contributed by atoms with Crippen molar-refractivity contribution in [2.24, 2.45) is 5.92 Å². The molecule has 0 spiro atoms. The van der Waals surface area contributed by atoms with Crippen LogP contribution in [0.15, 0.2) is 12.1 Å². The molecular weight excluding hydrogens is 292 g/mol. The summed E-state index contributed by atoms with van der Waals surface area (Å²) in [6, 6.07) is 3.06. The lowest BCUT2D eigenvalue weighted by molar-refractivity contribution is -0.128. The summed E-state index contributed by atoms with van der Waals surface area (Å²) in [5, 5.41) is 11.7. The van der Waals surface area contributed by atoms with E-state index in [9.17, 15) is 14.4 Å². The molecule has 6 nitrogen and oxygen atoms in total. The van der Waals surface area contributed by atoms with Crippen molar-refractivity contribution in [2.75, 3.05) is 6.54 Å².